The number of nitrogens with zero attached hydrogens (tertiary/aromatic N) is 3. The Bertz CT molecular complexity index is 624. The van der Waals surface area contributed by atoms with Gasteiger partial charge in [-0.2, -0.15) is 0 Å². The van der Waals surface area contributed by atoms with Crippen molar-refractivity contribution in [2.75, 3.05) is 51.8 Å². The summed E-state index contributed by atoms with van der Waals surface area (Å²) in [5.41, 5.74) is 0.653. The largest absolute Gasteiger partial charge is 0.465 e. The molecular weight excluding hydrogens is 310 g/mol. The molecule has 1 aliphatic rings. The molecule has 1 heterocycles. The number of hydrogen-bond donors (Lipinski definition) is 0. The summed E-state index contributed by atoms with van der Waals surface area (Å²) < 4.78 is 4.76. The van der Waals surface area contributed by atoms with Gasteiger partial charge < -0.3 is 19.4 Å². The maximum Gasteiger partial charge on any atom is 0.339 e. The molecule has 7 nitrogen and oxygen atoms in total. The second-order valence-corrected chi connectivity index (χ2v) is 5.80. The average Bonchev–Trinajstić information content (AvgIpc) is 2.59. The van der Waals surface area contributed by atoms with Crippen LogP contribution in [0.15, 0.2) is 24.3 Å². The number of rotatable bonds is 4. The van der Waals surface area contributed by atoms with Gasteiger partial charge in [0.15, 0.2) is 0 Å². The molecule has 24 heavy (non-hydrogen) atoms. The lowest BCUT2D eigenvalue weighted by Gasteiger charge is -2.34. The third-order valence-electron chi connectivity index (χ3n) is 4.13. The standard InChI is InChI=1S/C17H23N3O4/c1-13(21)20(12-16(22)19-10-8-18(2)9-11-19)15-7-5-4-6-14(15)17(23)24-3/h4-7H,8-12H2,1-3H3. The Balaban J connectivity index is 2.20. The Morgan fingerprint density at radius 2 is 1.75 bits per heavy atom. The fourth-order valence-corrected chi connectivity index (χ4v) is 2.65. The topological polar surface area (TPSA) is 70.2 Å². The molecule has 1 aliphatic heterocycles. The first kappa shape index (κ1) is 17.9. The van der Waals surface area contributed by atoms with E-state index in [2.05, 4.69) is 4.90 Å². The van der Waals surface area contributed by atoms with Gasteiger partial charge in [-0.15, -0.1) is 0 Å². The second kappa shape index (κ2) is 7.92. The minimum absolute atomic E-state index is 0.0902. The quantitative estimate of drug-likeness (QED) is 0.755. The monoisotopic (exact) mass is 333 g/mol. The summed E-state index contributed by atoms with van der Waals surface area (Å²) in [5, 5.41) is 0. The van der Waals surface area contributed by atoms with E-state index in [4.69, 9.17) is 4.74 Å². The van der Waals surface area contributed by atoms with Crippen molar-refractivity contribution in [3.63, 3.8) is 0 Å². The molecule has 0 aliphatic carbocycles. The molecule has 7 heteroatoms. The van der Waals surface area contributed by atoms with Gasteiger partial charge in [0, 0.05) is 33.1 Å². The number of carbonyl (C=O) groups is 3. The summed E-state index contributed by atoms with van der Waals surface area (Å²) in [4.78, 5) is 41.8. The van der Waals surface area contributed by atoms with E-state index >= 15 is 0 Å². The van der Waals surface area contributed by atoms with Gasteiger partial charge in [0.25, 0.3) is 0 Å². The molecule has 1 aromatic carbocycles. The smallest absolute Gasteiger partial charge is 0.339 e. The maximum atomic E-state index is 12.5. The van der Waals surface area contributed by atoms with Crippen molar-refractivity contribution in [2.24, 2.45) is 0 Å². The van der Waals surface area contributed by atoms with E-state index < -0.39 is 5.97 Å². The van der Waals surface area contributed by atoms with Crippen molar-refractivity contribution in [2.45, 2.75) is 6.92 Å². The molecule has 0 atom stereocenters. The van der Waals surface area contributed by atoms with Gasteiger partial charge in [0.05, 0.1) is 18.4 Å². The summed E-state index contributed by atoms with van der Waals surface area (Å²) in [6.07, 6.45) is 0. The number of piperazine rings is 1. The number of carbonyl (C=O) groups excluding carboxylic acids is 3. The first-order chi connectivity index (χ1) is 11.4. The zero-order valence-corrected chi connectivity index (χ0v) is 14.3. The molecule has 1 fully saturated rings. The van der Waals surface area contributed by atoms with E-state index in [1.807, 2.05) is 7.05 Å². The van der Waals surface area contributed by atoms with Gasteiger partial charge in [-0.05, 0) is 19.2 Å². The molecule has 130 valence electrons. The molecular formula is C17H23N3O4. The summed E-state index contributed by atoms with van der Waals surface area (Å²) in [6, 6.07) is 6.64. The fourth-order valence-electron chi connectivity index (χ4n) is 2.65. The van der Waals surface area contributed by atoms with Crippen molar-refractivity contribution < 1.29 is 19.1 Å². The summed E-state index contributed by atoms with van der Waals surface area (Å²) in [6.45, 7) is 4.19. The molecule has 0 spiro atoms. The van der Waals surface area contributed by atoms with Gasteiger partial charge in [-0.1, -0.05) is 12.1 Å². The van der Waals surface area contributed by atoms with E-state index in [1.165, 1.54) is 18.9 Å². The van der Waals surface area contributed by atoms with Crippen LogP contribution in [0.1, 0.15) is 17.3 Å². The van der Waals surface area contributed by atoms with Crippen molar-refractivity contribution >= 4 is 23.5 Å². The Hall–Kier alpha value is -2.41. The van der Waals surface area contributed by atoms with Gasteiger partial charge in [0.1, 0.15) is 6.54 Å². The number of para-hydroxylation sites is 1. The number of esters is 1. The van der Waals surface area contributed by atoms with E-state index in [0.717, 1.165) is 13.1 Å². The lowest BCUT2D eigenvalue weighted by atomic mass is 10.1. The SMILES string of the molecule is COC(=O)c1ccccc1N(CC(=O)N1CCN(C)CC1)C(C)=O. The van der Waals surface area contributed by atoms with Crippen LogP contribution in [-0.4, -0.2) is 74.5 Å². The molecule has 0 saturated carbocycles. The third kappa shape index (κ3) is 4.11. The molecule has 2 rings (SSSR count). The molecule has 0 N–H and O–H groups in total. The van der Waals surface area contributed by atoms with Gasteiger partial charge in [-0.3, -0.25) is 9.59 Å². The van der Waals surface area contributed by atoms with Gasteiger partial charge in [0.2, 0.25) is 11.8 Å². The lowest BCUT2D eigenvalue weighted by molar-refractivity contribution is -0.132. The summed E-state index contributed by atoms with van der Waals surface area (Å²) >= 11 is 0. The molecule has 1 saturated heterocycles. The van der Waals surface area contributed by atoms with E-state index in [-0.39, 0.29) is 23.9 Å². The van der Waals surface area contributed by atoms with Crippen molar-refractivity contribution in [1.29, 1.82) is 0 Å². The highest BCUT2D eigenvalue weighted by Gasteiger charge is 2.25. The number of benzene rings is 1. The highest BCUT2D eigenvalue weighted by atomic mass is 16.5. The Morgan fingerprint density at radius 1 is 1.12 bits per heavy atom. The van der Waals surface area contributed by atoms with Gasteiger partial charge >= 0.3 is 5.97 Å². The zero-order chi connectivity index (χ0) is 17.7. The van der Waals surface area contributed by atoms with Crippen molar-refractivity contribution in [1.82, 2.24) is 9.80 Å². The minimum Gasteiger partial charge on any atom is -0.465 e. The third-order valence-corrected chi connectivity index (χ3v) is 4.13. The van der Waals surface area contributed by atoms with Crippen LogP contribution < -0.4 is 4.90 Å². The van der Waals surface area contributed by atoms with Gasteiger partial charge in [-0.25, -0.2) is 4.79 Å². The summed E-state index contributed by atoms with van der Waals surface area (Å²) in [5.74, 6) is -0.962. The Labute approximate surface area is 141 Å². The first-order valence-corrected chi connectivity index (χ1v) is 7.85. The Morgan fingerprint density at radius 3 is 2.33 bits per heavy atom. The van der Waals surface area contributed by atoms with Crippen LogP contribution in [0.3, 0.4) is 0 Å². The average molecular weight is 333 g/mol. The lowest BCUT2D eigenvalue weighted by Crippen LogP contribution is -2.50. The van der Waals surface area contributed by atoms with Crippen LogP contribution in [0.5, 0.6) is 0 Å². The molecule has 1 aromatic rings. The molecule has 0 aromatic heterocycles. The number of ether oxygens (including phenoxy) is 1. The number of methoxy groups -OCH3 is 1. The summed E-state index contributed by atoms with van der Waals surface area (Å²) in [7, 11) is 3.29. The van der Waals surface area contributed by atoms with Crippen LogP contribution >= 0.6 is 0 Å². The molecule has 0 radical (unpaired) electrons. The van der Waals surface area contributed by atoms with Crippen LogP contribution in [-0.2, 0) is 14.3 Å². The van der Waals surface area contributed by atoms with Crippen molar-refractivity contribution in [3.05, 3.63) is 29.8 Å². The number of anilines is 1. The minimum atomic E-state index is -0.538. The van der Waals surface area contributed by atoms with Crippen LogP contribution in [0.4, 0.5) is 5.69 Å². The van der Waals surface area contributed by atoms with E-state index in [9.17, 15) is 14.4 Å². The van der Waals surface area contributed by atoms with E-state index in [0.29, 0.717) is 18.8 Å². The predicted molar refractivity (Wildman–Crippen MR) is 89.9 cm³/mol. The van der Waals surface area contributed by atoms with E-state index in [1.54, 1.807) is 29.2 Å². The number of hydrogen-bond acceptors (Lipinski definition) is 5. The molecule has 0 bridgehead atoms. The van der Waals surface area contributed by atoms with Crippen LogP contribution in [0, 0.1) is 0 Å². The van der Waals surface area contributed by atoms with Crippen molar-refractivity contribution in [3.8, 4) is 0 Å². The predicted octanol–water partition coefficient (Wildman–Crippen LogP) is 0.600. The number of likely N-dealkylation sites (N-methyl/N-ethyl adjacent to an activating group) is 1. The fraction of sp³-hybridized carbons (Fsp3) is 0.471. The Kier molecular flexibility index (Phi) is 5.92. The maximum absolute atomic E-state index is 12.5. The van der Waals surface area contributed by atoms with Crippen LogP contribution in [0.2, 0.25) is 0 Å². The molecule has 0 unspecified atom stereocenters. The van der Waals surface area contributed by atoms with Crippen LogP contribution in [0.25, 0.3) is 0 Å². The zero-order valence-electron chi connectivity index (χ0n) is 14.3. The normalized spacial score (nSPS) is 15.0. The molecule has 2 amide bonds. The first-order valence-electron chi connectivity index (χ1n) is 7.85. The highest BCUT2D eigenvalue weighted by Crippen LogP contribution is 2.21. The second-order valence-electron chi connectivity index (χ2n) is 5.80. The highest BCUT2D eigenvalue weighted by molar-refractivity contribution is 6.04. The number of amides is 2.